The van der Waals surface area contributed by atoms with Gasteiger partial charge in [-0.05, 0) is 103 Å². The van der Waals surface area contributed by atoms with Crippen molar-refractivity contribution in [2.45, 2.75) is 81.0 Å². The van der Waals surface area contributed by atoms with Crippen molar-refractivity contribution in [1.29, 1.82) is 0 Å². The number of rotatable bonds is 7. The predicted molar refractivity (Wildman–Crippen MR) is 234 cm³/mol. The second-order valence-electron chi connectivity index (χ2n) is 18.7. The average molecular weight is 838 g/mol. The zero-order valence-electron chi connectivity index (χ0n) is 35.4. The zero-order chi connectivity index (χ0) is 42.1. The van der Waals surface area contributed by atoms with Gasteiger partial charge in [0.25, 0.3) is 5.91 Å². The molecule has 4 aromatic carbocycles. The summed E-state index contributed by atoms with van der Waals surface area (Å²) in [5.41, 5.74) is 8.63. The van der Waals surface area contributed by atoms with Crippen LogP contribution in [-0.2, 0) is 27.3 Å². The van der Waals surface area contributed by atoms with Crippen LogP contribution >= 0.6 is 0 Å². The van der Waals surface area contributed by atoms with Crippen molar-refractivity contribution in [3.63, 3.8) is 0 Å². The number of fused-ring (bicyclic) bond motifs is 5. The minimum Gasteiger partial charge on any atom is -0.508 e. The van der Waals surface area contributed by atoms with Crippen LogP contribution in [0.2, 0.25) is 0 Å². The Hall–Kier alpha value is -5.59. The largest absolute Gasteiger partial charge is 0.508 e. The zero-order valence-corrected chi connectivity index (χ0v) is 35.4. The number of carbonyl (C=O) groups excluding carboxylic acids is 3. The molecule has 12 heteroatoms. The number of nitrogens with zero attached hydrogens (tertiary/aromatic N) is 4. The number of carbonyl (C=O) groups is 3. The lowest BCUT2D eigenvalue weighted by Gasteiger charge is -2.46. The molecule has 5 atom stereocenters. The van der Waals surface area contributed by atoms with Crippen molar-refractivity contribution < 1.29 is 33.7 Å². The number of hydrogen-bond donors (Lipinski definition) is 2. The van der Waals surface area contributed by atoms with Crippen LogP contribution in [0.25, 0.3) is 0 Å². The summed E-state index contributed by atoms with van der Waals surface area (Å²) in [5.74, 6) is 2.02. The van der Waals surface area contributed by atoms with Gasteiger partial charge in [-0.3, -0.25) is 24.6 Å². The molecule has 0 aromatic heterocycles. The monoisotopic (exact) mass is 837 g/mol. The third-order valence-corrected chi connectivity index (χ3v) is 15.1. The Kier molecular flexibility index (Phi) is 9.91. The molecule has 62 heavy (non-hydrogen) atoms. The number of piperazine rings is 1. The number of amides is 3. The van der Waals surface area contributed by atoms with Gasteiger partial charge in [0.15, 0.2) is 0 Å². The molecule has 7 aliphatic rings. The molecule has 4 saturated heterocycles. The van der Waals surface area contributed by atoms with Gasteiger partial charge in [-0.2, -0.15) is 0 Å². The van der Waals surface area contributed by atoms with Crippen LogP contribution in [0.3, 0.4) is 0 Å². The van der Waals surface area contributed by atoms with Crippen molar-refractivity contribution in [2.24, 2.45) is 5.92 Å². The number of phenols is 1. The molecule has 1 unspecified atom stereocenters. The fourth-order valence-corrected chi connectivity index (χ4v) is 12.0. The van der Waals surface area contributed by atoms with E-state index in [1.807, 2.05) is 18.2 Å². The molecule has 1 spiro atoms. The number of benzene rings is 4. The number of aryl methyl sites for hydroxylation is 1. The quantitative estimate of drug-likeness (QED) is 0.215. The number of imide groups is 1. The number of nitrogens with one attached hydrogen (secondary N) is 1. The number of methoxy groups -OCH3 is 1. The first-order valence-electron chi connectivity index (χ1n) is 22.6. The number of anilines is 2. The second kappa shape index (κ2) is 15.6. The Morgan fingerprint density at radius 2 is 1.69 bits per heavy atom. The van der Waals surface area contributed by atoms with Crippen LogP contribution < -0.4 is 24.6 Å². The molecule has 11 rings (SSSR count). The Morgan fingerprint density at radius 1 is 0.855 bits per heavy atom. The van der Waals surface area contributed by atoms with E-state index >= 15 is 0 Å². The topological polar surface area (TPSA) is 124 Å². The summed E-state index contributed by atoms with van der Waals surface area (Å²) in [6, 6.07) is 27.0. The lowest BCUT2D eigenvalue weighted by molar-refractivity contribution is -0.136. The maximum Gasteiger partial charge on any atom is 0.255 e. The highest BCUT2D eigenvalue weighted by atomic mass is 16.5. The highest BCUT2D eigenvalue weighted by Crippen LogP contribution is 2.50. The summed E-state index contributed by atoms with van der Waals surface area (Å²) in [6.07, 6.45) is 5.60. The standard InChI is InChI=1S/C50H55N5O7/c1-60-44-23-35(8-11-40(44)47-38(32-5-3-2-4-6-32)10-7-33-21-37(56)9-12-39(33)47)53-17-15-50(16-18-53)25-31(29-62-50)26-52-19-20-54-36(28-52)30-61-45-24-41-34(22-43(45)54)27-55(49(41)59)42-13-14-46(57)51-48(42)58/h2-6,8-9,11-12,21-24,31,36,38,42,47,56H,7,10,13-20,25-30H2,1H3,(H,51,57,58)/t31?,36-,38-,42-,47+/m0/s1. The van der Waals surface area contributed by atoms with Gasteiger partial charge in [-0.25, -0.2) is 0 Å². The van der Waals surface area contributed by atoms with E-state index in [9.17, 15) is 19.5 Å². The smallest absolute Gasteiger partial charge is 0.255 e. The number of phenolic OH excluding ortho intramolecular Hbond substituents is 1. The highest BCUT2D eigenvalue weighted by Gasteiger charge is 2.45. The molecule has 322 valence electrons. The Bertz CT molecular complexity index is 2420. The summed E-state index contributed by atoms with van der Waals surface area (Å²) < 4.78 is 19.2. The summed E-state index contributed by atoms with van der Waals surface area (Å²) in [5, 5.41) is 12.7. The minimum absolute atomic E-state index is 0.0836. The molecule has 12 nitrogen and oxygen atoms in total. The van der Waals surface area contributed by atoms with Gasteiger partial charge in [0.05, 0.1) is 31.0 Å². The van der Waals surface area contributed by atoms with Gasteiger partial charge in [-0.1, -0.05) is 42.5 Å². The van der Waals surface area contributed by atoms with Gasteiger partial charge >= 0.3 is 0 Å². The van der Waals surface area contributed by atoms with E-state index < -0.39 is 11.9 Å². The number of ether oxygens (including phenoxy) is 3. The predicted octanol–water partition coefficient (Wildman–Crippen LogP) is 5.98. The van der Waals surface area contributed by atoms with Crippen LogP contribution in [0, 0.1) is 5.92 Å². The van der Waals surface area contributed by atoms with E-state index in [1.165, 1.54) is 27.9 Å². The van der Waals surface area contributed by atoms with Gasteiger partial charge < -0.3 is 34.0 Å². The fourth-order valence-electron chi connectivity index (χ4n) is 12.0. The third-order valence-electron chi connectivity index (χ3n) is 15.1. The minimum atomic E-state index is -0.632. The van der Waals surface area contributed by atoms with Gasteiger partial charge in [0, 0.05) is 81.0 Å². The maximum absolute atomic E-state index is 13.4. The van der Waals surface area contributed by atoms with Crippen molar-refractivity contribution in [3.8, 4) is 17.2 Å². The lowest BCUT2D eigenvalue weighted by atomic mass is 9.69. The second-order valence-corrected chi connectivity index (χ2v) is 18.7. The molecule has 6 aliphatic heterocycles. The first-order valence-corrected chi connectivity index (χ1v) is 22.6. The normalized spacial score (nSPS) is 26.7. The van der Waals surface area contributed by atoms with Gasteiger partial charge in [0.2, 0.25) is 11.8 Å². The molecule has 6 heterocycles. The molecule has 4 fully saturated rings. The SMILES string of the molecule is COc1cc(N2CCC3(CC2)CC(CN2CCN4c5cc6c(cc5OC[C@@H]4C2)C(=O)N([C@H]2CCC(=O)NC2=O)C6)CO3)ccc1[C@H]1c2ccc(O)cc2CC[C@H]1c1ccccc1. The van der Waals surface area contributed by atoms with E-state index in [1.54, 1.807) is 12.0 Å². The first kappa shape index (κ1) is 39.3. The van der Waals surface area contributed by atoms with E-state index in [4.69, 9.17) is 14.2 Å². The summed E-state index contributed by atoms with van der Waals surface area (Å²) >= 11 is 0. The van der Waals surface area contributed by atoms with Crippen molar-refractivity contribution in [1.82, 2.24) is 15.1 Å². The molecule has 0 saturated carbocycles. The number of aromatic hydroxyl groups is 1. The Labute approximate surface area is 362 Å². The van der Waals surface area contributed by atoms with Gasteiger partial charge in [0.1, 0.15) is 29.9 Å². The van der Waals surface area contributed by atoms with Crippen LogP contribution in [0.4, 0.5) is 11.4 Å². The van der Waals surface area contributed by atoms with Crippen molar-refractivity contribution in [3.05, 3.63) is 112 Å². The van der Waals surface area contributed by atoms with Gasteiger partial charge in [-0.15, -0.1) is 0 Å². The van der Waals surface area contributed by atoms with Crippen LogP contribution in [-0.4, -0.2) is 110 Å². The maximum atomic E-state index is 13.4. The lowest BCUT2D eigenvalue weighted by Crippen LogP contribution is -2.58. The van der Waals surface area contributed by atoms with Crippen LogP contribution in [0.15, 0.2) is 78.9 Å². The fraction of sp³-hybridized carbons (Fsp3) is 0.460. The summed E-state index contributed by atoms with van der Waals surface area (Å²) in [6.45, 7) is 7.33. The molecule has 0 radical (unpaired) electrons. The molecule has 4 aromatic rings. The van der Waals surface area contributed by atoms with E-state index in [-0.39, 0.29) is 35.8 Å². The molecular weight excluding hydrogens is 783 g/mol. The van der Waals surface area contributed by atoms with Crippen molar-refractivity contribution >= 4 is 29.1 Å². The number of piperidine rings is 2. The number of hydrogen-bond acceptors (Lipinski definition) is 10. The van der Waals surface area contributed by atoms with Crippen LogP contribution in [0.1, 0.15) is 88.5 Å². The van der Waals surface area contributed by atoms with E-state index in [0.717, 1.165) is 101 Å². The van der Waals surface area contributed by atoms with E-state index in [2.05, 4.69) is 80.7 Å². The molecular formula is C50H55N5O7. The van der Waals surface area contributed by atoms with E-state index in [0.29, 0.717) is 42.7 Å². The van der Waals surface area contributed by atoms with Crippen LogP contribution in [0.5, 0.6) is 17.2 Å². The molecule has 3 amide bonds. The van der Waals surface area contributed by atoms with Crippen molar-refractivity contribution in [2.75, 3.05) is 69.4 Å². The average Bonchev–Trinajstić information content (AvgIpc) is 3.83. The third kappa shape index (κ3) is 6.95. The summed E-state index contributed by atoms with van der Waals surface area (Å²) in [7, 11) is 1.78. The summed E-state index contributed by atoms with van der Waals surface area (Å²) in [4.78, 5) is 46.9. The highest BCUT2D eigenvalue weighted by molar-refractivity contribution is 6.06. The molecule has 2 N–H and O–H groups in total. The Balaban J connectivity index is 0.716. The molecule has 0 bridgehead atoms. The Morgan fingerprint density at radius 3 is 2.52 bits per heavy atom. The molecule has 1 aliphatic carbocycles. The first-order chi connectivity index (χ1) is 30.2.